The predicted molar refractivity (Wildman–Crippen MR) is 78.0 cm³/mol. The molecule has 0 saturated heterocycles. The average molecular weight is 309 g/mol. The molecule has 20 heavy (non-hydrogen) atoms. The van der Waals surface area contributed by atoms with Gasteiger partial charge in [-0.2, -0.15) is 0 Å². The van der Waals surface area contributed by atoms with Crippen LogP contribution in [0.15, 0.2) is 23.1 Å². The van der Waals surface area contributed by atoms with Crippen LogP contribution in [0.2, 0.25) is 0 Å². The molecule has 104 valence electrons. The molecular formula is C14H12FNO2S2. The highest BCUT2D eigenvalue weighted by Gasteiger charge is 2.33. The number of thiazole rings is 1. The van der Waals surface area contributed by atoms with Crippen molar-refractivity contribution in [2.75, 3.05) is 6.26 Å². The molecule has 1 aliphatic rings. The monoisotopic (exact) mass is 309 g/mol. The second kappa shape index (κ2) is 5.18. The van der Waals surface area contributed by atoms with Crippen molar-refractivity contribution in [3.05, 3.63) is 34.6 Å². The first kappa shape index (κ1) is 13.6. The maximum absolute atomic E-state index is 14.1. The molecule has 0 saturated carbocycles. The van der Waals surface area contributed by atoms with Gasteiger partial charge in [-0.1, -0.05) is 6.07 Å². The fraction of sp³-hybridized carbons (Fsp3) is 0.286. The number of aromatic nitrogens is 1. The molecule has 1 heterocycles. The Balaban J connectivity index is 2.10. The Hall–Kier alpha value is -1.40. The van der Waals surface area contributed by atoms with Gasteiger partial charge in [0.25, 0.3) is 0 Å². The number of fused-ring (bicyclic) bond motifs is 1. The lowest BCUT2D eigenvalue weighted by Crippen LogP contribution is -2.08. The van der Waals surface area contributed by atoms with E-state index in [4.69, 9.17) is 0 Å². The number of hydrogen-bond acceptors (Lipinski definition) is 4. The van der Waals surface area contributed by atoms with Crippen molar-refractivity contribution in [2.24, 2.45) is 0 Å². The van der Waals surface area contributed by atoms with Gasteiger partial charge in [-0.3, -0.25) is 4.79 Å². The molecule has 0 spiro atoms. The van der Waals surface area contributed by atoms with Gasteiger partial charge in [0.1, 0.15) is 16.7 Å². The van der Waals surface area contributed by atoms with Crippen LogP contribution in [0, 0.1) is 5.82 Å². The third kappa shape index (κ3) is 2.13. The maximum atomic E-state index is 14.1. The quantitative estimate of drug-likeness (QED) is 0.877. The van der Waals surface area contributed by atoms with Crippen LogP contribution in [0.3, 0.4) is 0 Å². The Labute approximate surface area is 123 Å². The molecular weight excluding hydrogens is 297 g/mol. The second-order valence-corrected chi connectivity index (χ2v) is 6.51. The van der Waals surface area contributed by atoms with Gasteiger partial charge < -0.3 is 5.11 Å². The molecule has 1 atom stereocenters. The van der Waals surface area contributed by atoms with Gasteiger partial charge in [0.2, 0.25) is 0 Å². The summed E-state index contributed by atoms with van der Waals surface area (Å²) >= 11 is 2.87. The van der Waals surface area contributed by atoms with Gasteiger partial charge in [0.15, 0.2) is 0 Å². The van der Waals surface area contributed by atoms with Crippen molar-refractivity contribution in [2.45, 2.75) is 23.7 Å². The van der Waals surface area contributed by atoms with E-state index in [1.165, 1.54) is 29.2 Å². The minimum absolute atomic E-state index is 0.309. The number of benzene rings is 1. The van der Waals surface area contributed by atoms with Crippen LogP contribution in [-0.4, -0.2) is 22.3 Å². The average Bonchev–Trinajstić information content (AvgIpc) is 2.97. The second-order valence-electron chi connectivity index (χ2n) is 4.57. The number of hydrogen-bond donors (Lipinski definition) is 1. The van der Waals surface area contributed by atoms with Crippen LogP contribution in [-0.2, 0) is 11.2 Å². The molecule has 3 rings (SSSR count). The summed E-state index contributed by atoms with van der Waals surface area (Å²) in [5.74, 6) is -1.70. The molecule has 1 aromatic heterocycles. The number of carbonyl (C=O) groups is 1. The maximum Gasteiger partial charge on any atom is 0.312 e. The molecule has 3 nitrogen and oxygen atoms in total. The lowest BCUT2D eigenvalue weighted by atomic mass is 10.1. The van der Waals surface area contributed by atoms with Crippen LogP contribution in [0.1, 0.15) is 22.9 Å². The van der Waals surface area contributed by atoms with Gasteiger partial charge >= 0.3 is 5.97 Å². The van der Waals surface area contributed by atoms with Crippen molar-refractivity contribution in [1.29, 1.82) is 0 Å². The van der Waals surface area contributed by atoms with E-state index in [-0.39, 0.29) is 5.82 Å². The predicted octanol–water partition coefficient (Wildman–Crippen LogP) is 3.79. The number of halogens is 1. The minimum Gasteiger partial charge on any atom is -0.481 e. The number of thioether (sulfide) groups is 1. The van der Waals surface area contributed by atoms with Crippen LogP contribution in [0.5, 0.6) is 0 Å². The van der Waals surface area contributed by atoms with Crippen molar-refractivity contribution in [3.63, 3.8) is 0 Å². The summed E-state index contributed by atoms with van der Waals surface area (Å²) < 4.78 is 14.1. The molecule has 1 unspecified atom stereocenters. The zero-order valence-corrected chi connectivity index (χ0v) is 12.4. The van der Waals surface area contributed by atoms with Crippen molar-refractivity contribution >= 4 is 29.1 Å². The third-order valence-electron chi connectivity index (χ3n) is 3.42. The minimum atomic E-state index is -0.848. The summed E-state index contributed by atoms with van der Waals surface area (Å²) in [5.41, 5.74) is 1.11. The molecule has 1 aliphatic carbocycles. The highest BCUT2D eigenvalue weighted by atomic mass is 32.2. The largest absolute Gasteiger partial charge is 0.481 e. The molecule has 0 bridgehead atoms. The summed E-state index contributed by atoms with van der Waals surface area (Å²) in [6.07, 6.45) is 3.20. The third-order valence-corrected chi connectivity index (χ3v) is 5.35. The highest BCUT2D eigenvalue weighted by Crippen LogP contribution is 2.42. The van der Waals surface area contributed by atoms with Gasteiger partial charge in [-0.05, 0) is 31.2 Å². The summed E-state index contributed by atoms with van der Waals surface area (Å²) in [4.78, 5) is 17.4. The van der Waals surface area contributed by atoms with E-state index in [0.717, 1.165) is 9.77 Å². The normalized spacial score (nSPS) is 17.2. The Morgan fingerprint density at radius 2 is 2.35 bits per heavy atom. The van der Waals surface area contributed by atoms with E-state index in [1.54, 1.807) is 6.07 Å². The summed E-state index contributed by atoms with van der Waals surface area (Å²) in [7, 11) is 0. The van der Waals surface area contributed by atoms with E-state index in [0.29, 0.717) is 29.1 Å². The number of carboxylic acid groups (broad SMARTS) is 1. The molecule has 0 amide bonds. The first-order valence-electron chi connectivity index (χ1n) is 6.17. The van der Waals surface area contributed by atoms with Gasteiger partial charge in [0, 0.05) is 9.77 Å². The van der Waals surface area contributed by atoms with Crippen LogP contribution in [0.4, 0.5) is 4.39 Å². The first-order chi connectivity index (χ1) is 9.61. The smallest absolute Gasteiger partial charge is 0.312 e. The lowest BCUT2D eigenvalue weighted by Gasteiger charge is -2.06. The van der Waals surface area contributed by atoms with Crippen LogP contribution in [0.25, 0.3) is 10.6 Å². The molecule has 1 aromatic carbocycles. The molecule has 2 aromatic rings. The van der Waals surface area contributed by atoms with Crippen LogP contribution < -0.4 is 0 Å². The summed E-state index contributed by atoms with van der Waals surface area (Å²) in [6, 6.07) is 4.94. The van der Waals surface area contributed by atoms with Gasteiger partial charge in [0.05, 0.1) is 11.3 Å². The molecule has 0 fully saturated rings. The van der Waals surface area contributed by atoms with E-state index < -0.39 is 11.9 Å². The molecule has 6 heteroatoms. The Morgan fingerprint density at radius 1 is 1.55 bits per heavy atom. The number of nitrogens with zero attached hydrogens (tertiary/aromatic N) is 1. The fourth-order valence-corrected chi connectivity index (χ4v) is 4.33. The standard InChI is InChI=1S/C14H12FNO2S2/c1-19-9-4-2-3-8(15)11(9)13-16-12-7(14(17)18)5-6-10(12)20-13/h2-4,7H,5-6H2,1H3,(H,17,18). The van der Waals surface area contributed by atoms with Gasteiger partial charge in [-0.15, -0.1) is 23.1 Å². The van der Waals surface area contributed by atoms with E-state index >= 15 is 0 Å². The van der Waals surface area contributed by atoms with Crippen molar-refractivity contribution in [3.8, 4) is 10.6 Å². The first-order valence-corrected chi connectivity index (χ1v) is 8.21. The highest BCUT2D eigenvalue weighted by molar-refractivity contribution is 7.98. The summed E-state index contributed by atoms with van der Waals surface area (Å²) in [5, 5.41) is 9.77. The number of rotatable bonds is 3. The van der Waals surface area contributed by atoms with Crippen LogP contribution >= 0.6 is 23.1 Å². The zero-order chi connectivity index (χ0) is 14.3. The Kier molecular flexibility index (Phi) is 3.52. The Bertz CT molecular complexity index is 684. The summed E-state index contributed by atoms with van der Waals surface area (Å²) in [6.45, 7) is 0. The number of carboxylic acids is 1. The lowest BCUT2D eigenvalue weighted by molar-refractivity contribution is -0.138. The SMILES string of the molecule is CSc1cccc(F)c1-c1nc2c(s1)CCC2C(=O)O. The number of aryl methyl sites for hydroxylation is 1. The number of aliphatic carboxylic acids is 1. The van der Waals surface area contributed by atoms with E-state index in [2.05, 4.69) is 4.98 Å². The zero-order valence-electron chi connectivity index (χ0n) is 10.7. The van der Waals surface area contributed by atoms with Crippen molar-refractivity contribution in [1.82, 2.24) is 4.98 Å². The molecule has 0 aliphatic heterocycles. The molecule has 0 radical (unpaired) electrons. The Morgan fingerprint density at radius 3 is 3.05 bits per heavy atom. The van der Waals surface area contributed by atoms with Gasteiger partial charge in [-0.25, -0.2) is 9.37 Å². The van der Waals surface area contributed by atoms with E-state index in [1.807, 2.05) is 12.3 Å². The topological polar surface area (TPSA) is 50.2 Å². The van der Waals surface area contributed by atoms with E-state index in [9.17, 15) is 14.3 Å². The van der Waals surface area contributed by atoms with Crippen molar-refractivity contribution < 1.29 is 14.3 Å². The fourth-order valence-electron chi connectivity index (χ4n) is 2.46. The molecule has 1 N–H and O–H groups in total.